The number of rotatable bonds is 7. The minimum atomic E-state index is -4.60. The van der Waals surface area contributed by atoms with Crippen molar-refractivity contribution < 1.29 is 38.4 Å². The Labute approximate surface area is 250 Å². The summed E-state index contributed by atoms with van der Waals surface area (Å²) in [5.41, 5.74) is 2.04. The van der Waals surface area contributed by atoms with Crippen molar-refractivity contribution in [3.8, 4) is 10.7 Å². The highest BCUT2D eigenvalue weighted by Crippen LogP contribution is 2.60. The number of hydrogen-bond acceptors (Lipinski definition) is 11. The number of halogens is 3. The van der Waals surface area contributed by atoms with Gasteiger partial charge in [-0.15, -0.1) is 11.3 Å². The predicted octanol–water partition coefficient (Wildman–Crippen LogP) is 2.40. The van der Waals surface area contributed by atoms with E-state index in [4.69, 9.17) is 5.73 Å². The number of imidazole rings is 1. The molecule has 0 unspecified atom stereocenters. The maximum absolute atomic E-state index is 13.6. The molecule has 2 aliphatic carbocycles. The van der Waals surface area contributed by atoms with Crippen LogP contribution in [-0.2, 0) is 28.2 Å². The number of aliphatic hydroxyl groups is 4. The molecule has 17 heteroatoms. The zero-order valence-electron chi connectivity index (χ0n) is 23.4. The highest BCUT2D eigenvalue weighted by atomic mass is 32.1. The number of nitrogens with zero attached hydrogens (tertiary/aromatic N) is 5. The third-order valence-corrected chi connectivity index (χ3v) is 9.69. The SMILES string of the molecule is CC(C)(O)c1cc(Nc2cc3c(cn2)n(C(O)(O)O)c(=O)n3C23CCC(C(N)=O)(CC2)C3)nc(-c2ncc(C(F)(F)F)s2)c1. The zero-order valence-corrected chi connectivity index (χ0v) is 24.2. The topological polar surface area (TPSA) is 202 Å². The minimum absolute atomic E-state index is 0.0366. The van der Waals surface area contributed by atoms with Crippen molar-refractivity contribution in [3.63, 3.8) is 0 Å². The van der Waals surface area contributed by atoms with E-state index >= 15 is 0 Å². The molecule has 4 aromatic rings. The van der Waals surface area contributed by atoms with Crippen LogP contribution < -0.4 is 16.7 Å². The number of alkyl halides is 3. The minimum Gasteiger partial charge on any atom is -0.386 e. The van der Waals surface area contributed by atoms with Crippen LogP contribution in [0.3, 0.4) is 0 Å². The monoisotopic (exact) mass is 635 g/mol. The Morgan fingerprint density at radius 2 is 1.68 bits per heavy atom. The quantitative estimate of drug-likeness (QED) is 0.164. The van der Waals surface area contributed by atoms with Crippen LogP contribution in [0.25, 0.3) is 21.7 Å². The molecule has 2 fully saturated rings. The van der Waals surface area contributed by atoms with Crippen LogP contribution in [0.1, 0.15) is 56.4 Å². The summed E-state index contributed by atoms with van der Waals surface area (Å²) in [6, 6.07) is 4.31. The van der Waals surface area contributed by atoms with Gasteiger partial charge in [0.25, 0.3) is 0 Å². The number of amides is 1. The summed E-state index contributed by atoms with van der Waals surface area (Å²) in [5, 5.41) is 43.8. The van der Waals surface area contributed by atoms with E-state index in [-0.39, 0.29) is 39.8 Å². The molecule has 0 saturated heterocycles. The zero-order chi connectivity index (χ0) is 32.0. The van der Waals surface area contributed by atoms with Gasteiger partial charge in [0.1, 0.15) is 27.2 Å². The third kappa shape index (κ3) is 4.84. The van der Waals surface area contributed by atoms with E-state index in [1.807, 2.05) is 0 Å². The third-order valence-electron chi connectivity index (χ3n) is 8.62. The number of anilines is 2. The van der Waals surface area contributed by atoms with Gasteiger partial charge in [-0.05, 0) is 63.6 Å². The van der Waals surface area contributed by atoms with Gasteiger partial charge in [0, 0.05) is 6.07 Å². The normalized spacial score (nSPS) is 22.2. The highest BCUT2D eigenvalue weighted by molar-refractivity contribution is 7.15. The first-order chi connectivity index (χ1) is 20.3. The molecule has 1 amide bonds. The fourth-order valence-corrected chi connectivity index (χ4v) is 7.18. The van der Waals surface area contributed by atoms with Gasteiger partial charge >= 0.3 is 18.0 Å². The maximum atomic E-state index is 13.6. The Balaban J connectivity index is 1.47. The van der Waals surface area contributed by atoms with E-state index < -0.39 is 45.3 Å². The molecule has 234 valence electrons. The second-order valence-corrected chi connectivity index (χ2v) is 13.0. The summed E-state index contributed by atoms with van der Waals surface area (Å²) < 4.78 is 41.4. The van der Waals surface area contributed by atoms with Gasteiger partial charge in [-0.25, -0.2) is 24.3 Å². The molecule has 2 aliphatic rings. The molecule has 4 aromatic heterocycles. The number of carbonyl (C=O) groups excluding carboxylic acids is 1. The number of pyridine rings is 2. The highest BCUT2D eigenvalue weighted by Gasteiger charge is 2.59. The Hall–Kier alpha value is -3.90. The standard InChI is InChI=1S/C27H28F3N7O6S/c1-23(2,40)13-7-14(20-33-11-17(44-20)26(28,29)30)34-19(8-13)35-18-9-15-16(10-32-18)37(27(41,42)43)22(39)36(15)25-5-3-24(12-25,4-6-25)21(31)38/h7-11,40-43H,3-6,12H2,1-2H3,(H2,31,38)(H,32,34,35). The average molecular weight is 636 g/mol. The number of thiazole rings is 1. The van der Waals surface area contributed by atoms with Gasteiger partial charge in [-0.1, -0.05) is 0 Å². The molecule has 0 spiro atoms. The van der Waals surface area contributed by atoms with Crippen LogP contribution in [0.15, 0.2) is 35.4 Å². The summed E-state index contributed by atoms with van der Waals surface area (Å²) in [7, 11) is 0. The molecular formula is C27H28F3N7O6S. The van der Waals surface area contributed by atoms with Crippen molar-refractivity contribution >= 4 is 39.9 Å². The van der Waals surface area contributed by atoms with Crippen LogP contribution >= 0.6 is 11.3 Å². The van der Waals surface area contributed by atoms with E-state index in [1.165, 1.54) is 36.6 Å². The second-order valence-electron chi connectivity index (χ2n) is 12.0. The summed E-state index contributed by atoms with van der Waals surface area (Å²) >= 11 is 0.391. The van der Waals surface area contributed by atoms with E-state index in [0.29, 0.717) is 53.3 Å². The smallest absolute Gasteiger partial charge is 0.386 e. The van der Waals surface area contributed by atoms with Gasteiger partial charge in [0.05, 0.1) is 40.0 Å². The second kappa shape index (κ2) is 9.55. The molecule has 0 radical (unpaired) electrons. The first-order valence-electron chi connectivity index (χ1n) is 13.5. The van der Waals surface area contributed by atoms with E-state index in [0.717, 1.165) is 6.20 Å². The molecule has 2 bridgehead atoms. The number of nitrogens with one attached hydrogen (secondary N) is 1. The van der Waals surface area contributed by atoms with Gasteiger partial charge in [0.2, 0.25) is 5.91 Å². The van der Waals surface area contributed by atoms with Crippen LogP contribution in [0, 0.1) is 5.41 Å². The average Bonchev–Trinajstić information content (AvgIpc) is 3.68. The van der Waals surface area contributed by atoms with Gasteiger partial charge in [0.15, 0.2) is 0 Å². The first kappa shape index (κ1) is 30.1. The summed E-state index contributed by atoms with van der Waals surface area (Å²) in [5.74, 6) is -0.301. The van der Waals surface area contributed by atoms with Gasteiger partial charge < -0.3 is 31.5 Å². The Bertz CT molecular complexity index is 1860. The number of carbonyl (C=O) groups is 1. The van der Waals surface area contributed by atoms with Gasteiger partial charge in [-0.2, -0.15) is 13.2 Å². The first-order valence-corrected chi connectivity index (χ1v) is 14.3. The molecule has 4 heterocycles. The molecule has 6 rings (SSSR count). The van der Waals surface area contributed by atoms with Crippen LogP contribution in [0.5, 0.6) is 0 Å². The number of hydrogen-bond donors (Lipinski definition) is 6. The Kier molecular flexibility index (Phi) is 6.54. The Morgan fingerprint density at radius 3 is 2.23 bits per heavy atom. The van der Waals surface area contributed by atoms with Crippen LogP contribution in [-0.4, -0.2) is 50.4 Å². The van der Waals surface area contributed by atoms with Crippen molar-refractivity contribution in [2.45, 2.75) is 69.4 Å². The van der Waals surface area contributed by atoms with Gasteiger partial charge in [-0.3, -0.25) is 9.36 Å². The fraction of sp³-hybridized carbons (Fsp3) is 0.444. The number of aromatic nitrogens is 5. The molecule has 0 aliphatic heterocycles. The number of fused-ring (bicyclic) bond motifs is 3. The molecule has 7 N–H and O–H groups in total. The van der Waals surface area contributed by atoms with Crippen molar-refractivity contribution in [1.29, 1.82) is 0 Å². The molecule has 13 nitrogen and oxygen atoms in total. The van der Waals surface area contributed by atoms with Crippen molar-refractivity contribution in [1.82, 2.24) is 24.1 Å². The van der Waals surface area contributed by atoms with Crippen molar-refractivity contribution in [2.75, 3.05) is 5.32 Å². The maximum Gasteiger partial charge on any atom is 0.427 e. The number of nitrogens with two attached hydrogens (primary N) is 1. The van der Waals surface area contributed by atoms with E-state index in [2.05, 4.69) is 20.3 Å². The lowest BCUT2D eigenvalue weighted by Gasteiger charge is -2.28. The number of primary amides is 1. The van der Waals surface area contributed by atoms with E-state index in [9.17, 15) is 43.2 Å². The van der Waals surface area contributed by atoms with Crippen LogP contribution in [0.4, 0.5) is 24.8 Å². The fourth-order valence-electron chi connectivity index (χ4n) is 6.44. The lowest BCUT2D eigenvalue weighted by molar-refractivity contribution is -0.374. The largest absolute Gasteiger partial charge is 0.427 e. The van der Waals surface area contributed by atoms with Crippen molar-refractivity contribution in [2.24, 2.45) is 11.1 Å². The molecular weight excluding hydrogens is 607 g/mol. The van der Waals surface area contributed by atoms with Crippen molar-refractivity contribution in [3.05, 3.63) is 51.5 Å². The van der Waals surface area contributed by atoms with Crippen LogP contribution in [0.2, 0.25) is 0 Å². The molecule has 0 aromatic carbocycles. The lowest BCUT2D eigenvalue weighted by Crippen LogP contribution is -2.45. The predicted molar refractivity (Wildman–Crippen MR) is 150 cm³/mol. The summed E-state index contributed by atoms with van der Waals surface area (Å²) in [6.45, 7) is 2.98. The summed E-state index contributed by atoms with van der Waals surface area (Å²) in [6.07, 6.45) is -4.40. The molecule has 0 atom stereocenters. The Morgan fingerprint density at radius 1 is 1.00 bits per heavy atom. The summed E-state index contributed by atoms with van der Waals surface area (Å²) in [4.78, 5) is 37.5. The molecule has 2 saturated carbocycles. The van der Waals surface area contributed by atoms with E-state index in [1.54, 1.807) is 0 Å². The lowest BCUT2D eigenvalue weighted by atomic mass is 9.83. The molecule has 44 heavy (non-hydrogen) atoms.